The molecule has 0 aliphatic heterocycles. The summed E-state index contributed by atoms with van der Waals surface area (Å²) in [6.45, 7) is 4.51. The van der Waals surface area contributed by atoms with E-state index in [1.165, 1.54) is 28.0 Å². The summed E-state index contributed by atoms with van der Waals surface area (Å²) in [5.41, 5.74) is 8.68. The Morgan fingerprint density at radius 1 is 0.800 bits per heavy atom. The summed E-state index contributed by atoms with van der Waals surface area (Å²) < 4.78 is 0. The van der Waals surface area contributed by atoms with Gasteiger partial charge in [-0.05, 0) is 77.6 Å². The van der Waals surface area contributed by atoms with E-state index in [0.717, 1.165) is 52.3 Å². The summed E-state index contributed by atoms with van der Waals surface area (Å²) in [7, 11) is 0. The van der Waals surface area contributed by atoms with Crippen LogP contribution < -0.4 is 0 Å². The molecule has 6 rings (SSSR count). The van der Waals surface area contributed by atoms with Crippen LogP contribution in [0.2, 0.25) is 0 Å². The molecule has 228 valence electrons. The molecular weight excluding hydrogens is 575 g/mol. The van der Waals surface area contributed by atoms with E-state index in [2.05, 4.69) is 84.6 Å². The van der Waals surface area contributed by atoms with Gasteiger partial charge in [-0.1, -0.05) is 92.7 Å². The molecule has 0 saturated carbocycles. The molecule has 45 heavy (non-hydrogen) atoms. The van der Waals surface area contributed by atoms with E-state index in [1.807, 2.05) is 47.8 Å². The Labute approximate surface area is 269 Å². The SMILES string of the molecule is CC(C)Cc1ccc(CCc2c[nH]c(-c3ccc(-c4csc(CC(Cc5ccccc5)(C(=O)O)c5ccc[nH]5)n4)cc3)c2)cc1. The third-order valence-corrected chi connectivity index (χ3v) is 9.33. The van der Waals surface area contributed by atoms with Crippen molar-refractivity contribution in [2.45, 2.75) is 51.4 Å². The summed E-state index contributed by atoms with van der Waals surface area (Å²) in [6.07, 6.45) is 7.69. The van der Waals surface area contributed by atoms with Crippen LogP contribution in [-0.2, 0) is 42.3 Å². The molecule has 3 aromatic heterocycles. The van der Waals surface area contributed by atoms with Gasteiger partial charge in [0.05, 0.1) is 10.7 Å². The minimum Gasteiger partial charge on any atom is -0.481 e. The predicted molar refractivity (Wildman–Crippen MR) is 184 cm³/mol. The van der Waals surface area contributed by atoms with Gasteiger partial charge in [0.15, 0.2) is 0 Å². The highest BCUT2D eigenvalue weighted by Gasteiger charge is 2.42. The Morgan fingerprint density at radius 3 is 2.20 bits per heavy atom. The first-order valence-electron chi connectivity index (χ1n) is 15.6. The van der Waals surface area contributed by atoms with Crippen molar-refractivity contribution >= 4 is 17.3 Å². The molecule has 3 heterocycles. The van der Waals surface area contributed by atoms with Crippen molar-refractivity contribution < 1.29 is 9.90 Å². The Hall–Kier alpha value is -4.68. The lowest BCUT2D eigenvalue weighted by atomic mass is 9.76. The van der Waals surface area contributed by atoms with Crippen LogP contribution >= 0.6 is 11.3 Å². The molecule has 1 atom stereocenters. The number of carboxylic acids is 1. The van der Waals surface area contributed by atoms with Gasteiger partial charge in [-0.2, -0.15) is 0 Å². The van der Waals surface area contributed by atoms with E-state index in [-0.39, 0.29) is 0 Å². The molecule has 0 bridgehead atoms. The molecule has 0 aliphatic rings. The number of thiazole rings is 1. The second-order valence-corrected chi connectivity index (χ2v) is 13.3. The molecule has 6 aromatic rings. The zero-order valence-corrected chi connectivity index (χ0v) is 26.6. The van der Waals surface area contributed by atoms with Crippen LogP contribution in [0.4, 0.5) is 0 Å². The highest BCUT2D eigenvalue weighted by Crippen LogP contribution is 2.35. The zero-order valence-electron chi connectivity index (χ0n) is 25.8. The summed E-state index contributed by atoms with van der Waals surface area (Å²) in [5, 5.41) is 13.4. The Bertz CT molecular complexity index is 1820. The number of rotatable bonds is 13. The number of aliphatic carboxylic acids is 1. The molecule has 0 saturated heterocycles. The summed E-state index contributed by atoms with van der Waals surface area (Å²) in [6, 6.07) is 33.2. The van der Waals surface area contributed by atoms with Crippen molar-refractivity contribution in [3.63, 3.8) is 0 Å². The van der Waals surface area contributed by atoms with Crippen molar-refractivity contribution in [2.75, 3.05) is 0 Å². The van der Waals surface area contributed by atoms with E-state index in [4.69, 9.17) is 4.98 Å². The molecule has 3 aromatic carbocycles. The standard InChI is InChI=1S/C39H39N3O2S/c1-27(2)21-29-13-10-28(11-14-29)12-15-31-22-34(41-25-31)32-16-18-33(19-17-32)35-26-45-37(42-35)24-39(38(43)44,36-9-6-20-40-36)23-30-7-4-3-5-8-30/h3-11,13-14,16-20,22,25-27,40-41H,12,15,21,23-24H2,1-2H3,(H,43,44). The topological polar surface area (TPSA) is 81.8 Å². The number of benzene rings is 3. The van der Waals surface area contributed by atoms with Gasteiger partial charge in [0.1, 0.15) is 5.41 Å². The Balaban J connectivity index is 1.13. The number of aryl methyl sites for hydroxylation is 2. The third-order valence-electron chi connectivity index (χ3n) is 8.48. The van der Waals surface area contributed by atoms with Crippen molar-refractivity contribution in [3.05, 3.63) is 148 Å². The monoisotopic (exact) mass is 613 g/mol. The smallest absolute Gasteiger partial charge is 0.316 e. The first-order chi connectivity index (χ1) is 21.9. The fraction of sp³-hybridized carbons (Fsp3) is 0.231. The van der Waals surface area contributed by atoms with Gasteiger partial charge in [0.25, 0.3) is 0 Å². The third kappa shape index (κ3) is 7.18. The maximum absolute atomic E-state index is 12.9. The quantitative estimate of drug-likeness (QED) is 0.122. The average Bonchev–Trinajstić information content (AvgIpc) is 3.84. The average molecular weight is 614 g/mol. The highest BCUT2D eigenvalue weighted by atomic mass is 32.1. The predicted octanol–water partition coefficient (Wildman–Crippen LogP) is 8.92. The highest BCUT2D eigenvalue weighted by molar-refractivity contribution is 7.10. The molecule has 6 heteroatoms. The molecule has 1 unspecified atom stereocenters. The molecule has 0 fully saturated rings. The van der Waals surface area contributed by atoms with Crippen LogP contribution in [0.15, 0.2) is 115 Å². The number of H-pyrrole nitrogens is 2. The van der Waals surface area contributed by atoms with E-state index < -0.39 is 11.4 Å². The first-order valence-corrected chi connectivity index (χ1v) is 16.5. The zero-order chi connectivity index (χ0) is 31.2. The molecule has 5 nitrogen and oxygen atoms in total. The molecule has 0 aliphatic carbocycles. The van der Waals surface area contributed by atoms with Crippen LogP contribution in [0, 0.1) is 5.92 Å². The molecular formula is C39H39N3O2S. The number of nitrogens with zero attached hydrogens (tertiary/aromatic N) is 1. The van der Waals surface area contributed by atoms with E-state index >= 15 is 0 Å². The lowest BCUT2D eigenvalue weighted by Gasteiger charge is -2.28. The summed E-state index contributed by atoms with van der Waals surface area (Å²) in [5.74, 6) is -0.189. The second-order valence-electron chi connectivity index (χ2n) is 12.4. The number of carbonyl (C=O) groups is 1. The lowest BCUT2D eigenvalue weighted by molar-refractivity contribution is -0.144. The fourth-order valence-electron chi connectivity index (χ4n) is 6.05. The maximum atomic E-state index is 12.9. The van der Waals surface area contributed by atoms with Gasteiger partial charge >= 0.3 is 5.97 Å². The molecule has 0 spiro atoms. The number of aromatic amines is 2. The van der Waals surface area contributed by atoms with Gasteiger partial charge < -0.3 is 15.1 Å². The minimum atomic E-state index is -1.15. The number of aromatic nitrogens is 3. The van der Waals surface area contributed by atoms with Gasteiger partial charge in [-0.15, -0.1) is 11.3 Å². The largest absolute Gasteiger partial charge is 0.481 e. The minimum absolute atomic E-state index is 0.299. The van der Waals surface area contributed by atoms with E-state index in [0.29, 0.717) is 24.5 Å². The van der Waals surface area contributed by atoms with Crippen LogP contribution in [0.25, 0.3) is 22.5 Å². The Kier molecular flexibility index (Phi) is 9.13. The molecule has 0 radical (unpaired) electrons. The van der Waals surface area contributed by atoms with Crippen LogP contribution in [0.1, 0.15) is 46.8 Å². The van der Waals surface area contributed by atoms with Crippen molar-refractivity contribution in [2.24, 2.45) is 5.92 Å². The van der Waals surface area contributed by atoms with E-state index in [9.17, 15) is 9.90 Å². The van der Waals surface area contributed by atoms with Crippen molar-refractivity contribution in [1.29, 1.82) is 0 Å². The van der Waals surface area contributed by atoms with Gasteiger partial charge in [-0.3, -0.25) is 4.79 Å². The van der Waals surface area contributed by atoms with Crippen LogP contribution in [0.3, 0.4) is 0 Å². The number of nitrogens with one attached hydrogen (secondary N) is 2. The van der Waals surface area contributed by atoms with Gasteiger partial charge in [-0.25, -0.2) is 4.98 Å². The summed E-state index contributed by atoms with van der Waals surface area (Å²) in [4.78, 5) is 24.4. The van der Waals surface area contributed by atoms with E-state index in [1.54, 1.807) is 6.20 Å². The van der Waals surface area contributed by atoms with Crippen LogP contribution in [-0.4, -0.2) is 26.0 Å². The number of carboxylic acid groups (broad SMARTS) is 1. The normalized spacial score (nSPS) is 12.8. The number of hydrogen-bond donors (Lipinski definition) is 3. The fourth-order valence-corrected chi connectivity index (χ4v) is 6.96. The summed E-state index contributed by atoms with van der Waals surface area (Å²) >= 11 is 1.51. The van der Waals surface area contributed by atoms with Crippen molar-refractivity contribution in [1.82, 2.24) is 15.0 Å². The maximum Gasteiger partial charge on any atom is 0.316 e. The number of hydrogen-bond acceptors (Lipinski definition) is 3. The first kappa shape index (κ1) is 30.4. The van der Waals surface area contributed by atoms with Crippen LogP contribution in [0.5, 0.6) is 0 Å². The lowest BCUT2D eigenvalue weighted by Crippen LogP contribution is -2.40. The van der Waals surface area contributed by atoms with Gasteiger partial charge in [0, 0.05) is 41.1 Å². The van der Waals surface area contributed by atoms with Crippen molar-refractivity contribution in [3.8, 4) is 22.5 Å². The molecule has 3 N–H and O–H groups in total. The second kappa shape index (κ2) is 13.5. The molecule has 0 amide bonds. The van der Waals surface area contributed by atoms with Gasteiger partial charge in [0.2, 0.25) is 0 Å². The Morgan fingerprint density at radius 2 is 1.51 bits per heavy atom.